The first-order valence-corrected chi connectivity index (χ1v) is 4.24. The number of hydrogen-bond acceptors (Lipinski definition) is 2. The molecule has 1 aromatic rings. The second kappa shape index (κ2) is 3.04. The molecule has 14 heavy (non-hydrogen) atoms. The Labute approximate surface area is 79.5 Å². The van der Waals surface area contributed by atoms with Gasteiger partial charge in [0.2, 0.25) is 0 Å². The molecule has 1 aliphatic heterocycles. The van der Waals surface area contributed by atoms with Crippen molar-refractivity contribution < 1.29 is 18.3 Å². The van der Waals surface area contributed by atoms with Gasteiger partial charge in [0.05, 0.1) is 6.61 Å². The van der Waals surface area contributed by atoms with Crippen molar-refractivity contribution in [1.29, 1.82) is 0 Å². The molecule has 1 aromatic carbocycles. The number of carbonyl (C=O) groups is 1. The molecule has 74 valence electrons. The molecular formula is C10H8F2O2. The number of fused-ring (bicyclic) bond motifs is 1. The smallest absolute Gasteiger partial charge is 0.327 e. The summed E-state index contributed by atoms with van der Waals surface area (Å²) >= 11 is 0. The van der Waals surface area contributed by atoms with Crippen LogP contribution in [0.3, 0.4) is 0 Å². The minimum Gasteiger partial charge on any atom is -0.493 e. The molecule has 2 rings (SSSR count). The summed E-state index contributed by atoms with van der Waals surface area (Å²) in [6, 6.07) is 4.03. The highest BCUT2D eigenvalue weighted by molar-refractivity contribution is 5.64. The summed E-state index contributed by atoms with van der Waals surface area (Å²) in [6.45, 7) is 0.519. The lowest BCUT2D eigenvalue weighted by Crippen LogP contribution is -2.14. The predicted octanol–water partition coefficient (Wildman–Crippen LogP) is 1.91. The predicted molar refractivity (Wildman–Crippen MR) is 45.6 cm³/mol. The minimum atomic E-state index is -3.39. The number of halogens is 2. The quantitative estimate of drug-likeness (QED) is 0.678. The molecular weight excluding hydrogens is 190 g/mol. The van der Waals surface area contributed by atoms with Crippen molar-refractivity contribution in [3.8, 4) is 5.75 Å². The van der Waals surface area contributed by atoms with Gasteiger partial charge in [-0.05, 0) is 23.8 Å². The molecule has 0 atom stereocenters. The summed E-state index contributed by atoms with van der Waals surface area (Å²) < 4.78 is 31.1. The molecule has 2 nitrogen and oxygen atoms in total. The fourth-order valence-electron chi connectivity index (χ4n) is 1.46. The maximum Gasteiger partial charge on any atom is 0.327 e. The van der Waals surface area contributed by atoms with Crippen LogP contribution in [0.4, 0.5) is 8.78 Å². The number of aldehydes is 1. The van der Waals surface area contributed by atoms with Crippen LogP contribution in [-0.2, 0) is 17.1 Å². The largest absolute Gasteiger partial charge is 0.493 e. The molecule has 0 aliphatic carbocycles. The first kappa shape index (κ1) is 9.12. The molecule has 0 aromatic heterocycles. The highest BCUT2D eigenvalue weighted by Crippen LogP contribution is 2.32. The van der Waals surface area contributed by atoms with Gasteiger partial charge in [0.25, 0.3) is 0 Å². The molecule has 0 saturated carbocycles. The van der Waals surface area contributed by atoms with Crippen LogP contribution in [0.2, 0.25) is 0 Å². The summed E-state index contributed by atoms with van der Waals surface area (Å²) in [5, 5.41) is 0. The molecule has 0 bridgehead atoms. The van der Waals surface area contributed by atoms with Crippen molar-refractivity contribution in [2.24, 2.45) is 0 Å². The van der Waals surface area contributed by atoms with Gasteiger partial charge in [-0.2, -0.15) is 8.78 Å². The lowest BCUT2D eigenvalue weighted by molar-refractivity contribution is -0.130. The molecule has 4 heteroatoms. The van der Waals surface area contributed by atoms with Crippen molar-refractivity contribution in [2.75, 3.05) is 6.61 Å². The van der Waals surface area contributed by atoms with Crippen LogP contribution in [0, 0.1) is 0 Å². The third-order valence-electron chi connectivity index (χ3n) is 2.22. The van der Waals surface area contributed by atoms with E-state index in [4.69, 9.17) is 4.74 Å². The molecule has 0 saturated heterocycles. The second-order valence-electron chi connectivity index (χ2n) is 3.16. The van der Waals surface area contributed by atoms with Gasteiger partial charge in [-0.25, -0.2) is 0 Å². The molecule has 0 amide bonds. The number of ether oxygens (including phenoxy) is 1. The first-order chi connectivity index (χ1) is 6.63. The van der Waals surface area contributed by atoms with E-state index in [-0.39, 0.29) is 11.8 Å². The van der Waals surface area contributed by atoms with Crippen LogP contribution in [0.25, 0.3) is 0 Å². The van der Waals surface area contributed by atoms with E-state index in [0.29, 0.717) is 18.8 Å². The highest BCUT2D eigenvalue weighted by Gasteiger charge is 2.31. The van der Waals surface area contributed by atoms with E-state index in [1.807, 2.05) is 0 Å². The standard InChI is InChI=1S/C10H8F2O2/c11-10(12,6-13)8-1-2-9-7(5-8)3-4-14-9/h1-2,5-6H,3-4H2. The Balaban J connectivity index is 2.42. The van der Waals surface area contributed by atoms with Crippen LogP contribution in [0.5, 0.6) is 5.75 Å². The number of alkyl halides is 2. The number of carbonyl (C=O) groups excluding carboxylic acids is 1. The molecule has 0 radical (unpaired) electrons. The van der Waals surface area contributed by atoms with E-state index < -0.39 is 5.92 Å². The third kappa shape index (κ3) is 1.36. The van der Waals surface area contributed by atoms with Crippen LogP contribution < -0.4 is 4.74 Å². The lowest BCUT2D eigenvalue weighted by Gasteiger charge is -2.09. The van der Waals surface area contributed by atoms with Crippen molar-refractivity contribution >= 4 is 6.29 Å². The topological polar surface area (TPSA) is 26.3 Å². The van der Waals surface area contributed by atoms with Crippen molar-refractivity contribution in [3.63, 3.8) is 0 Å². The number of benzene rings is 1. The Kier molecular flexibility index (Phi) is 1.98. The van der Waals surface area contributed by atoms with Crippen molar-refractivity contribution in [1.82, 2.24) is 0 Å². The van der Waals surface area contributed by atoms with E-state index in [2.05, 4.69) is 0 Å². The molecule has 0 fully saturated rings. The van der Waals surface area contributed by atoms with Crippen LogP contribution in [-0.4, -0.2) is 12.9 Å². The normalized spacial score (nSPS) is 14.7. The van der Waals surface area contributed by atoms with Gasteiger partial charge in [-0.3, -0.25) is 4.79 Å². The zero-order valence-corrected chi connectivity index (χ0v) is 7.30. The molecule has 1 heterocycles. The van der Waals surface area contributed by atoms with Gasteiger partial charge in [-0.1, -0.05) is 0 Å². The maximum absolute atomic E-state index is 12.9. The van der Waals surface area contributed by atoms with E-state index in [1.54, 1.807) is 0 Å². The molecule has 1 aliphatic rings. The van der Waals surface area contributed by atoms with Crippen LogP contribution >= 0.6 is 0 Å². The van der Waals surface area contributed by atoms with E-state index >= 15 is 0 Å². The zero-order valence-electron chi connectivity index (χ0n) is 7.30. The van der Waals surface area contributed by atoms with Gasteiger partial charge in [0, 0.05) is 12.0 Å². The monoisotopic (exact) mass is 198 g/mol. The van der Waals surface area contributed by atoms with Gasteiger partial charge in [0.1, 0.15) is 5.75 Å². The average molecular weight is 198 g/mol. The summed E-state index contributed by atoms with van der Waals surface area (Å²) in [6.07, 6.45) is 0.280. The summed E-state index contributed by atoms with van der Waals surface area (Å²) in [5.41, 5.74) is 0.473. The van der Waals surface area contributed by atoms with E-state index in [9.17, 15) is 13.6 Å². The second-order valence-corrected chi connectivity index (χ2v) is 3.16. The average Bonchev–Trinajstić information content (AvgIpc) is 2.64. The Bertz CT molecular complexity index is 374. The third-order valence-corrected chi connectivity index (χ3v) is 2.22. The molecule has 0 unspecified atom stereocenters. The SMILES string of the molecule is O=CC(F)(F)c1ccc2c(c1)CCO2. The summed E-state index contributed by atoms with van der Waals surface area (Å²) in [5.74, 6) is -2.76. The Morgan fingerprint density at radius 2 is 2.21 bits per heavy atom. The number of hydrogen-bond donors (Lipinski definition) is 0. The lowest BCUT2D eigenvalue weighted by atomic mass is 10.0. The van der Waals surface area contributed by atoms with Crippen molar-refractivity contribution in [2.45, 2.75) is 12.3 Å². The maximum atomic E-state index is 12.9. The van der Waals surface area contributed by atoms with Crippen molar-refractivity contribution in [3.05, 3.63) is 29.3 Å². The van der Waals surface area contributed by atoms with Gasteiger partial charge >= 0.3 is 5.92 Å². The van der Waals surface area contributed by atoms with Gasteiger partial charge < -0.3 is 4.74 Å². The Hall–Kier alpha value is -1.45. The van der Waals surface area contributed by atoms with E-state index in [1.165, 1.54) is 18.2 Å². The highest BCUT2D eigenvalue weighted by atomic mass is 19.3. The Morgan fingerprint density at radius 3 is 2.93 bits per heavy atom. The zero-order chi connectivity index (χ0) is 10.2. The number of rotatable bonds is 2. The van der Waals surface area contributed by atoms with E-state index in [0.717, 1.165) is 5.56 Å². The minimum absolute atomic E-state index is 0.267. The fourth-order valence-corrected chi connectivity index (χ4v) is 1.46. The first-order valence-electron chi connectivity index (χ1n) is 4.24. The van der Waals surface area contributed by atoms with Crippen LogP contribution in [0.1, 0.15) is 11.1 Å². The molecule has 0 spiro atoms. The van der Waals surface area contributed by atoms with Gasteiger partial charge in [0.15, 0.2) is 6.29 Å². The van der Waals surface area contributed by atoms with Gasteiger partial charge in [-0.15, -0.1) is 0 Å². The van der Waals surface area contributed by atoms with Crippen LogP contribution in [0.15, 0.2) is 18.2 Å². The molecule has 0 N–H and O–H groups in total. The Morgan fingerprint density at radius 1 is 1.43 bits per heavy atom. The fraction of sp³-hybridized carbons (Fsp3) is 0.300. The summed E-state index contributed by atoms with van der Waals surface area (Å²) in [4.78, 5) is 10.1. The summed E-state index contributed by atoms with van der Waals surface area (Å²) in [7, 11) is 0.